The summed E-state index contributed by atoms with van der Waals surface area (Å²) in [5.74, 6) is -4.18. The summed E-state index contributed by atoms with van der Waals surface area (Å²) in [6, 6.07) is 0. The van der Waals surface area contributed by atoms with Gasteiger partial charge >= 0.3 is 17.9 Å². The standard InChI is InChI=1S/C42H62O16/c1-37(2)20-10-13-42(7)21(9-8-18-19-16-40(5,36(53)54)22(43)17-38(19,3)14-15-41(18,42)6)39(20,4)12-11-23(37)55-35-31(27(47)26(46)30(57-35)33(51)52)58-34-28(48)24(44)25(45)29(56-34)32(49)50/h8-9,19-20,22-31,34-35,43-48H,10-17H2,1-7H3,(H,49,50)(H,51,52)(H,53,54). The van der Waals surface area contributed by atoms with E-state index in [0.717, 1.165) is 25.7 Å². The number of allylic oxidation sites excluding steroid dienone is 4. The first-order valence-electron chi connectivity index (χ1n) is 20.6. The fourth-order valence-corrected chi connectivity index (χ4v) is 12.9. The maximum Gasteiger partial charge on any atom is 0.335 e. The van der Waals surface area contributed by atoms with Crippen LogP contribution in [0.25, 0.3) is 0 Å². The van der Waals surface area contributed by atoms with Crippen molar-refractivity contribution in [1.82, 2.24) is 0 Å². The summed E-state index contributed by atoms with van der Waals surface area (Å²) in [5, 5.41) is 94.1. The Morgan fingerprint density at radius 1 is 0.655 bits per heavy atom. The highest BCUT2D eigenvalue weighted by Gasteiger charge is 2.68. The van der Waals surface area contributed by atoms with E-state index < -0.39 is 102 Å². The summed E-state index contributed by atoms with van der Waals surface area (Å²) in [4.78, 5) is 36.5. The molecule has 0 bridgehead atoms. The maximum atomic E-state index is 12.5. The molecule has 9 N–H and O–H groups in total. The zero-order valence-electron chi connectivity index (χ0n) is 34.3. The van der Waals surface area contributed by atoms with Gasteiger partial charge in [0.15, 0.2) is 24.8 Å². The first kappa shape index (κ1) is 43.6. The van der Waals surface area contributed by atoms with Crippen LogP contribution in [0.15, 0.2) is 23.3 Å². The molecule has 2 heterocycles. The van der Waals surface area contributed by atoms with Crippen molar-refractivity contribution in [2.45, 2.75) is 173 Å². The van der Waals surface area contributed by atoms with E-state index in [9.17, 15) is 60.3 Å². The van der Waals surface area contributed by atoms with E-state index in [2.05, 4.69) is 53.7 Å². The van der Waals surface area contributed by atoms with Crippen molar-refractivity contribution in [3.63, 3.8) is 0 Å². The Balaban J connectivity index is 1.18. The lowest BCUT2D eigenvalue weighted by Gasteiger charge is -2.69. The van der Waals surface area contributed by atoms with E-state index in [4.69, 9.17) is 18.9 Å². The number of fused-ring (bicyclic) bond motifs is 7. The predicted octanol–water partition coefficient (Wildman–Crippen LogP) is 1.96. The number of hydrogen-bond donors (Lipinski definition) is 9. The van der Waals surface area contributed by atoms with E-state index in [1.807, 2.05) is 0 Å². The smallest absolute Gasteiger partial charge is 0.335 e. The van der Waals surface area contributed by atoms with Gasteiger partial charge in [0.1, 0.15) is 36.6 Å². The first-order chi connectivity index (χ1) is 26.8. The highest BCUT2D eigenvalue weighted by atomic mass is 16.8. The van der Waals surface area contributed by atoms with Gasteiger partial charge in [-0.05, 0) is 97.2 Å². The Labute approximate surface area is 337 Å². The fourth-order valence-electron chi connectivity index (χ4n) is 12.9. The molecular formula is C42H62O16. The van der Waals surface area contributed by atoms with Crippen molar-refractivity contribution in [3.05, 3.63) is 23.3 Å². The number of carbonyl (C=O) groups is 3. The summed E-state index contributed by atoms with van der Waals surface area (Å²) in [5.41, 5.74) is -0.313. The number of aliphatic hydroxyl groups is 6. The van der Waals surface area contributed by atoms with Crippen LogP contribution in [0.1, 0.15) is 99.8 Å². The second-order valence-electron chi connectivity index (χ2n) is 20.3. The van der Waals surface area contributed by atoms with Crippen molar-refractivity contribution >= 4 is 17.9 Å². The molecule has 0 aromatic carbocycles. The molecule has 0 aromatic rings. The van der Waals surface area contributed by atoms with Crippen LogP contribution in [0, 0.1) is 44.3 Å². The molecule has 58 heavy (non-hydrogen) atoms. The van der Waals surface area contributed by atoms with Crippen molar-refractivity contribution < 1.29 is 79.3 Å². The lowest BCUT2D eigenvalue weighted by atomic mass is 9.36. The molecule has 19 atom stereocenters. The molecule has 4 saturated carbocycles. The van der Waals surface area contributed by atoms with Gasteiger partial charge in [-0.3, -0.25) is 4.79 Å². The highest BCUT2D eigenvalue weighted by Crippen LogP contribution is 2.74. The summed E-state index contributed by atoms with van der Waals surface area (Å²) < 4.78 is 23.4. The summed E-state index contributed by atoms with van der Waals surface area (Å²) in [6.45, 7) is 15.0. The van der Waals surface area contributed by atoms with Crippen LogP contribution in [-0.4, -0.2) is 137 Å². The molecule has 16 nitrogen and oxygen atoms in total. The summed E-state index contributed by atoms with van der Waals surface area (Å²) in [6.07, 6.45) is -11.1. The zero-order valence-corrected chi connectivity index (χ0v) is 34.3. The van der Waals surface area contributed by atoms with E-state index in [-0.39, 0.29) is 33.5 Å². The Kier molecular flexibility index (Phi) is 10.7. The van der Waals surface area contributed by atoms with Crippen molar-refractivity contribution in [3.8, 4) is 0 Å². The topological polar surface area (TPSA) is 270 Å². The Bertz CT molecular complexity index is 1750. The van der Waals surface area contributed by atoms with Crippen LogP contribution >= 0.6 is 0 Å². The van der Waals surface area contributed by atoms with Gasteiger partial charge in [0.2, 0.25) is 0 Å². The third-order valence-electron chi connectivity index (χ3n) is 17.0. The zero-order chi connectivity index (χ0) is 42.9. The molecule has 7 aliphatic rings. The van der Waals surface area contributed by atoms with Gasteiger partial charge in [-0.2, -0.15) is 0 Å². The number of aliphatic carboxylic acids is 3. The number of carboxylic acid groups (broad SMARTS) is 3. The van der Waals surface area contributed by atoms with Gasteiger partial charge < -0.3 is 64.9 Å². The van der Waals surface area contributed by atoms with Crippen molar-refractivity contribution in [1.29, 1.82) is 0 Å². The molecular weight excluding hydrogens is 760 g/mol. The molecule has 0 amide bonds. The number of rotatable bonds is 7. The fraction of sp³-hybridized carbons (Fsp3) is 0.833. The van der Waals surface area contributed by atoms with Gasteiger partial charge in [0.25, 0.3) is 0 Å². The molecule has 16 heteroatoms. The molecule has 0 spiro atoms. The van der Waals surface area contributed by atoms with Crippen molar-refractivity contribution in [2.24, 2.45) is 44.3 Å². The second kappa shape index (κ2) is 14.3. The summed E-state index contributed by atoms with van der Waals surface area (Å²) >= 11 is 0. The average molecular weight is 823 g/mol. The molecule has 326 valence electrons. The van der Waals surface area contributed by atoms with Gasteiger partial charge in [-0.1, -0.05) is 64.8 Å². The average Bonchev–Trinajstić information content (AvgIpc) is 3.13. The van der Waals surface area contributed by atoms with E-state index in [1.54, 1.807) is 6.92 Å². The Morgan fingerprint density at radius 2 is 1.26 bits per heavy atom. The largest absolute Gasteiger partial charge is 0.481 e. The van der Waals surface area contributed by atoms with E-state index >= 15 is 0 Å². The molecule has 2 aliphatic heterocycles. The molecule has 19 unspecified atom stereocenters. The molecule has 2 saturated heterocycles. The second-order valence-corrected chi connectivity index (χ2v) is 20.3. The van der Waals surface area contributed by atoms with E-state index in [0.29, 0.717) is 25.7 Å². The normalized spacial score (nSPS) is 52.4. The lowest BCUT2D eigenvalue weighted by Crippen LogP contribution is -2.66. The minimum atomic E-state index is -2.03. The third-order valence-corrected chi connectivity index (χ3v) is 17.0. The monoisotopic (exact) mass is 822 g/mol. The molecule has 5 aliphatic carbocycles. The maximum absolute atomic E-state index is 12.5. The van der Waals surface area contributed by atoms with Crippen LogP contribution in [0.3, 0.4) is 0 Å². The van der Waals surface area contributed by atoms with Gasteiger partial charge in [0, 0.05) is 0 Å². The lowest BCUT2D eigenvalue weighted by molar-refractivity contribution is -0.370. The highest BCUT2D eigenvalue weighted by molar-refractivity contribution is 5.75. The Hall–Kier alpha value is -2.51. The minimum absolute atomic E-state index is 0.00546. The first-order valence-corrected chi connectivity index (χ1v) is 20.6. The minimum Gasteiger partial charge on any atom is -0.481 e. The van der Waals surface area contributed by atoms with Crippen LogP contribution in [0.4, 0.5) is 0 Å². The SMILES string of the molecule is CC12CCC3(C)C(=CC=C4C5(C)CCC(OC6OC(C(=O)O)C(O)C(O)C6OC6OC(C(=O)O)C(O)C(O)C6O)C(C)(C)C5CCC43C)C1CC(C)(C(=O)O)C(O)C2. The molecule has 0 radical (unpaired) electrons. The molecule has 7 rings (SSSR count). The number of aliphatic hydroxyl groups excluding tert-OH is 6. The van der Waals surface area contributed by atoms with Crippen LogP contribution in [0.5, 0.6) is 0 Å². The van der Waals surface area contributed by atoms with Gasteiger partial charge in [-0.25, -0.2) is 9.59 Å². The Morgan fingerprint density at radius 3 is 1.86 bits per heavy atom. The third kappa shape index (κ3) is 6.17. The van der Waals surface area contributed by atoms with Gasteiger partial charge in [0.05, 0.1) is 17.6 Å². The number of hydrogen-bond acceptors (Lipinski definition) is 13. The molecule has 0 aromatic heterocycles. The molecule has 6 fully saturated rings. The van der Waals surface area contributed by atoms with Crippen molar-refractivity contribution in [2.75, 3.05) is 0 Å². The van der Waals surface area contributed by atoms with Crippen LogP contribution in [0.2, 0.25) is 0 Å². The number of carboxylic acids is 3. The summed E-state index contributed by atoms with van der Waals surface area (Å²) in [7, 11) is 0. The van der Waals surface area contributed by atoms with E-state index in [1.165, 1.54) is 11.1 Å². The number of ether oxygens (including phenoxy) is 4. The van der Waals surface area contributed by atoms with Gasteiger partial charge in [-0.15, -0.1) is 0 Å². The van der Waals surface area contributed by atoms with Crippen LogP contribution in [-0.2, 0) is 33.3 Å². The quantitative estimate of drug-likeness (QED) is 0.166. The predicted molar refractivity (Wildman–Crippen MR) is 200 cm³/mol. The van der Waals surface area contributed by atoms with Crippen LogP contribution < -0.4 is 0 Å².